The number of hydrogen-bond acceptors (Lipinski definition) is 4. The second kappa shape index (κ2) is 9.79. The van der Waals surface area contributed by atoms with Gasteiger partial charge in [-0.3, -0.25) is 4.79 Å². The minimum atomic E-state index is -0.238. The van der Waals surface area contributed by atoms with E-state index in [4.69, 9.17) is 4.74 Å². The molecule has 1 aliphatic heterocycles. The quantitative estimate of drug-likeness (QED) is 0.772. The Hall–Kier alpha value is -2.44. The van der Waals surface area contributed by atoms with Gasteiger partial charge < -0.3 is 19.9 Å². The van der Waals surface area contributed by atoms with Crippen LogP contribution in [0.25, 0.3) is 0 Å². The van der Waals surface area contributed by atoms with Crippen LogP contribution < -0.4 is 10.1 Å². The Labute approximate surface area is 184 Å². The van der Waals surface area contributed by atoms with Crippen LogP contribution in [-0.4, -0.2) is 62.1 Å². The SMILES string of the molecule is COc1ccc(CN[C@@H]2C[C@H](C(=O)N3CCN(C)CC3)[C@@H](c3ccc(F)cc3)C2)cc1. The molecule has 0 bridgehead atoms. The van der Waals surface area contributed by atoms with E-state index in [-0.39, 0.29) is 29.6 Å². The largest absolute Gasteiger partial charge is 0.497 e. The molecule has 2 aliphatic rings. The number of halogens is 1. The molecular weight excluding hydrogens is 393 g/mol. The van der Waals surface area contributed by atoms with Crippen LogP contribution in [-0.2, 0) is 11.3 Å². The van der Waals surface area contributed by atoms with Crippen molar-refractivity contribution in [1.29, 1.82) is 0 Å². The topological polar surface area (TPSA) is 44.8 Å². The summed E-state index contributed by atoms with van der Waals surface area (Å²) in [6, 6.07) is 15.0. The maximum absolute atomic E-state index is 13.5. The van der Waals surface area contributed by atoms with Crippen LogP contribution in [0.1, 0.15) is 29.9 Å². The molecule has 0 unspecified atom stereocenters. The molecule has 0 spiro atoms. The normalized spacial score (nSPS) is 24.4. The number of amides is 1. The van der Waals surface area contributed by atoms with Crippen molar-refractivity contribution in [3.05, 3.63) is 65.5 Å². The number of hydrogen-bond donors (Lipinski definition) is 1. The van der Waals surface area contributed by atoms with Gasteiger partial charge in [0.25, 0.3) is 0 Å². The van der Waals surface area contributed by atoms with Crippen LogP contribution in [0, 0.1) is 11.7 Å². The van der Waals surface area contributed by atoms with Gasteiger partial charge in [-0.25, -0.2) is 4.39 Å². The van der Waals surface area contributed by atoms with E-state index in [9.17, 15) is 9.18 Å². The predicted molar refractivity (Wildman–Crippen MR) is 120 cm³/mol. The van der Waals surface area contributed by atoms with E-state index >= 15 is 0 Å². The molecule has 1 saturated carbocycles. The van der Waals surface area contributed by atoms with Crippen LogP contribution in [0.3, 0.4) is 0 Å². The standard InChI is InChI=1S/C25H32FN3O2/c1-28-11-13-29(14-12-28)25(30)24-16-21(15-23(24)19-5-7-20(26)8-6-19)27-17-18-3-9-22(31-2)10-4-18/h3-10,21,23-24,27H,11-17H2,1-2H3/t21-,23+,24-/m0/s1. The highest BCUT2D eigenvalue weighted by molar-refractivity contribution is 5.80. The average molecular weight is 426 g/mol. The lowest BCUT2D eigenvalue weighted by atomic mass is 9.87. The molecule has 1 N–H and O–H groups in total. The fraction of sp³-hybridized carbons (Fsp3) is 0.480. The molecule has 2 aromatic carbocycles. The van der Waals surface area contributed by atoms with Gasteiger partial charge in [0.2, 0.25) is 5.91 Å². The fourth-order valence-electron chi connectivity index (χ4n) is 4.82. The summed E-state index contributed by atoms with van der Waals surface area (Å²) in [6.07, 6.45) is 1.69. The first-order valence-electron chi connectivity index (χ1n) is 11.1. The second-order valence-corrected chi connectivity index (χ2v) is 8.79. The smallest absolute Gasteiger partial charge is 0.226 e. The zero-order valence-corrected chi connectivity index (χ0v) is 18.4. The van der Waals surface area contributed by atoms with Crippen molar-refractivity contribution in [2.75, 3.05) is 40.3 Å². The molecule has 5 nitrogen and oxygen atoms in total. The molecule has 1 heterocycles. The molecule has 4 rings (SSSR count). The maximum atomic E-state index is 13.5. The van der Waals surface area contributed by atoms with Crippen molar-refractivity contribution in [3.63, 3.8) is 0 Å². The van der Waals surface area contributed by atoms with Gasteiger partial charge in [0.05, 0.1) is 7.11 Å². The molecule has 6 heteroatoms. The zero-order valence-electron chi connectivity index (χ0n) is 18.4. The lowest BCUT2D eigenvalue weighted by Crippen LogP contribution is -2.49. The molecule has 0 radical (unpaired) electrons. The molecule has 31 heavy (non-hydrogen) atoms. The first-order valence-corrected chi connectivity index (χ1v) is 11.1. The number of methoxy groups -OCH3 is 1. The van der Waals surface area contributed by atoms with Gasteiger partial charge in [-0.05, 0) is 61.2 Å². The number of piperazine rings is 1. The number of carbonyl (C=O) groups is 1. The lowest BCUT2D eigenvalue weighted by molar-refractivity contribution is -0.137. The van der Waals surface area contributed by atoms with E-state index in [1.165, 1.54) is 17.7 Å². The number of likely N-dealkylation sites (N-methyl/N-ethyl adjacent to an activating group) is 1. The average Bonchev–Trinajstić information content (AvgIpc) is 3.23. The molecule has 0 aromatic heterocycles. The molecule has 2 aromatic rings. The van der Waals surface area contributed by atoms with Crippen molar-refractivity contribution < 1.29 is 13.9 Å². The fourth-order valence-corrected chi connectivity index (χ4v) is 4.82. The Morgan fingerprint density at radius 1 is 1.03 bits per heavy atom. The summed E-state index contributed by atoms with van der Waals surface area (Å²) in [5.74, 6) is 0.899. The second-order valence-electron chi connectivity index (χ2n) is 8.79. The molecule has 3 atom stereocenters. The van der Waals surface area contributed by atoms with E-state index in [0.29, 0.717) is 0 Å². The summed E-state index contributed by atoms with van der Waals surface area (Å²) in [4.78, 5) is 17.7. The number of carbonyl (C=O) groups excluding carboxylic acids is 1. The Morgan fingerprint density at radius 2 is 1.71 bits per heavy atom. The van der Waals surface area contributed by atoms with Crippen molar-refractivity contribution >= 4 is 5.91 Å². The number of nitrogens with zero attached hydrogens (tertiary/aromatic N) is 2. The highest BCUT2D eigenvalue weighted by Gasteiger charge is 2.41. The Morgan fingerprint density at radius 3 is 2.35 bits per heavy atom. The summed E-state index contributed by atoms with van der Waals surface area (Å²) in [5.41, 5.74) is 2.25. The third-order valence-electron chi connectivity index (χ3n) is 6.75. The van der Waals surface area contributed by atoms with Crippen LogP contribution in [0.15, 0.2) is 48.5 Å². The Kier molecular flexibility index (Phi) is 6.88. The van der Waals surface area contributed by atoms with Gasteiger partial charge in [0.1, 0.15) is 11.6 Å². The Balaban J connectivity index is 1.46. The van der Waals surface area contributed by atoms with Crippen LogP contribution >= 0.6 is 0 Å². The minimum Gasteiger partial charge on any atom is -0.497 e. The summed E-state index contributed by atoms with van der Waals surface area (Å²) < 4.78 is 18.7. The summed E-state index contributed by atoms with van der Waals surface area (Å²) in [7, 11) is 3.76. The molecule has 166 valence electrons. The van der Waals surface area contributed by atoms with Crippen LogP contribution in [0.5, 0.6) is 5.75 Å². The highest BCUT2D eigenvalue weighted by Crippen LogP contribution is 2.41. The summed E-state index contributed by atoms with van der Waals surface area (Å²) in [5, 5.41) is 3.65. The van der Waals surface area contributed by atoms with E-state index in [1.54, 1.807) is 7.11 Å². The molecule has 1 amide bonds. The van der Waals surface area contributed by atoms with Crippen molar-refractivity contribution in [2.24, 2.45) is 5.92 Å². The van der Waals surface area contributed by atoms with Crippen molar-refractivity contribution in [2.45, 2.75) is 31.3 Å². The third-order valence-corrected chi connectivity index (χ3v) is 6.75. The number of nitrogens with one attached hydrogen (secondary N) is 1. The van der Waals surface area contributed by atoms with E-state index in [0.717, 1.165) is 56.9 Å². The molecule has 1 saturated heterocycles. The van der Waals surface area contributed by atoms with E-state index < -0.39 is 0 Å². The third kappa shape index (κ3) is 5.25. The number of ether oxygens (including phenoxy) is 1. The summed E-state index contributed by atoms with van der Waals surface area (Å²) >= 11 is 0. The highest BCUT2D eigenvalue weighted by atomic mass is 19.1. The van der Waals surface area contributed by atoms with Gasteiger partial charge in [-0.1, -0.05) is 24.3 Å². The van der Waals surface area contributed by atoms with Gasteiger partial charge in [-0.15, -0.1) is 0 Å². The molecular formula is C25H32FN3O2. The lowest BCUT2D eigenvalue weighted by Gasteiger charge is -2.35. The number of rotatable bonds is 6. The van der Waals surface area contributed by atoms with Crippen LogP contribution in [0.2, 0.25) is 0 Å². The van der Waals surface area contributed by atoms with Crippen LogP contribution in [0.4, 0.5) is 4.39 Å². The minimum absolute atomic E-state index is 0.0674. The zero-order chi connectivity index (χ0) is 21.8. The van der Waals surface area contributed by atoms with Gasteiger partial charge in [0, 0.05) is 44.7 Å². The molecule has 2 fully saturated rings. The van der Waals surface area contributed by atoms with Crippen molar-refractivity contribution in [1.82, 2.24) is 15.1 Å². The van der Waals surface area contributed by atoms with Gasteiger partial charge in [-0.2, -0.15) is 0 Å². The monoisotopic (exact) mass is 425 g/mol. The van der Waals surface area contributed by atoms with E-state index in [2.05, 4.69) is 29.4 Å². The predicted octanol–water partition coefficient (Wildman–Crippen LogP) is 3.26. The van der Waals surface area contributed by atoms with E-state index in [1.807, 2.05) is 29.2 Å². The van der Waals surface area contributed by atoms with Crippen molar-refractivity contribution in [3.8, 4) is 5.75 Å². The van der Waals surface area contributed by atoms with Gasteiger partial charge in [0.15, 0.2) is 0 Å². The van der Waals surface area contributed by atoms with Gasteiger partial charge >= 0.3 is 0 Å². The first kappa shape index (κ1) is 21.8. The first-order chi connectivity index (χ1) is 15.0. The Bertz CT molecular complexity index is 863. The maximum Gasteiger partial charge on any atom is 0.226 e. The molecule has 1 aliphatic carbocycles. The summed E-state index contributed by atoms with van der Waals surface area (Å²) in [6.45, 7) is 4.15. The number of benzene rings is 2.